The maximum absolute atomic E-state index is 13.4. The summed E-state index contributed by atoms with van der Waals surface area (Å²) in [5.74, 6) is 0.137. The normalized spacial score (nSPS) is 11.3. The molecule has 0 bridgehead atoms. The van der Waals surface area contributed by atoms with Gasteiger partial charge >= 0.3 is 0 Å². The Kier molecular flexibility index (Phi) is 5.54. The number of nitrogens with zero attached hydrogens (tertiary/aromatic N) is 5. The first kappa shape index (κ1) is 21.4. The van der Waals surface area contributed by atoms with E-state index in [0.717, 1.165) is 5.56 Å². The molecule has 0 aliphatic rings. The van der Waals surface area contributed by atoms with E-state index in [-0.39, 0.29) is 28.5 Å². The van der Waals surface area contributed by atoms with Crippen molar-refractivity contribution in [2.45, 2.75) is 33.0 Å². The highest BCUT2D eigenvalue weighted by Gasteiger charge is 2.18. The van der Waals surface area contributed by atoms with Crippen LogP contribution in [0, 0.1) is 12.3 Å². The van der Waals surface area contributed by atoms with Crippen LogP contribution >= 0.6 is 0 Å². The first-order chi connectivity index (χ1) is 16.5. The van der Waals surface area contributed by atoms with Crippen molar-refractivity contribution < 1.29 is 9.21 Å². The summed E-state index contributed by atoms with van der Waals surface area (Å²) < 4.78 is 10.3. The second kappa shape index (κ2) is 8.81. The minimum Gasteiger partial charge on any atom is -0.467 e. The molecule has 0 atom stereocenters. The van der Waals surface area contributed by atoms with Gasteiger partial charge in [-0.3, -0.25) is 19.4 Å². The molecule has 172 valence electrons. The van der Waals surface area contributed by atoms with Crippen LogP contribution in [0.1, 0.15) is 28.1 Å². The molecular formula is C24H23N7O3. The Hall–Kier alpha value is -4.47. The summed E-state index contributed by atoms with van der Waals surface area (Å²) in [5.41, 5.74) is 1.58. The van der Waals surface area contributed by atoms with Gasteiger partial charge in [-0.2, -0.15) is 0 Å². The summed E-state index contributed by atoms with van der Waals surface area (Å²) in [6, 6.07) is 8.62. The third-order valence-electron chi connectivity index (χ3n) is 5.74. The number of nitrogens with one attached hydrogen (secondary N) is 2. The molecule has 2 N–H and O–H groups in total. The van der Waals surface area contributed by atoms with Gasteiger partial charge in [0.1, 0.15) is 22.5 Å². The number of fused-ring (bicyclic) bond motifs is 2. The van der Waals surface area contributed by atoms with Gasteiger partial charge in [-0.1, -0.05) is 6.07 Å². The van der Waals surface area contributed by atoms with E-state index in [9.17, 15) is 9.59 Å². The number of amides is 1. The van der Waals surface area contributed by atoms with Crippen LogP contribution in [0.3, 0.4) is 0 Å². The number of imidazole rings is 1. The van der Waals surface area contributed by atoms with Gasteiger partial charge in [-0.05, 0) is 43.2 Å². The summed E-state index contributed by atoms with van der Waals surface area (Å²) in [4.78, 5) is 35.2. The molecule has 0 radical (unpaired) electrons. The van der Waals surface area contributed by atoms with Crippen LogP contribution in [0.4, 0.5) is 0 Å². The molecule has 0 aromatic carbocycles. The third-order valence-corrected chi connectivity index (χ3v) is 5.74. The minimum atomic E-state index is -0.458. The lowest BCUT2D eigenvalue weighted by Crippen LogP contribution is -2.35. The van der Waals surface area contributed by atoms with Crippen molar-refractivity contribution >= 4 is 22.6 Å². The van der Waals surface area contributed by atoms with Crippen LogP contribution < -0.4 is 16.4 Å². The van der Waals surface area contributed by atoms with Crippen molar-refractivity contribution in [3.63, 3.8) is 0 Å². The van der Waals surface area contributed by atoms with Gasteiger partial charge in [-0.15, -0.1) is 0 Å². The first-order valence-corrected chi connectivity index (χ1v) is 10.9. The summed E-state index contributed by atoms with van der Waals surface area (Å²) in [6.07, 6.45) is 9.15. The molecule has 10 nitrogen and oxygen atoms in total. The summed E-state index contributed by atoms with van der Waals surface area (Å²) in [5, 5.41) is 11.9. The zero-order valence-electron chi connectivity index (χ0n) is 18.6. The zero-order valence-corrected chi connectivity index (χ0v) is 18.6. The van der Waals surface area contributed by atoms with Gasteiger partial charge < -0.3 is 18.9 Å². The van der Waals surface area contributed by atoms with E-state index < -0.39 is 5.91 Å². The predicted octanol–water partition coefficient (Wildman–Crippen LogP) is 2.25. The first-order valence-electron chi connectivity index (χ1n) is 10.9. The fourth-order valence-corrected chi connectivity index (χ4v) is 3.99. The maximum atomic E-state index is 13.4. The summed E-state index contributed by atoms with van der Waals surface area (Å²) in [7, 11) is 0. The van der Waals surface area contributed by atoms with E-state index in [0.29, 0.717) is 36.6 Å². The number of carbonyl (C=O) groups excluding carboxylic acids is 1. The van der Waals surface area contributed by atoms with Crippen molar-refractivity contribution in [1.82, 2.24) is 28.8 Å². The number of carbonyl (C=O) groups is 1. The number of aryl methyl sites for hydroxylation is 3. The minimum absolute atomic E-state index is 0.0000831. The van der Waals surface area contributed by atoms with Crippen LogP contribution in [0.2, 0.25) is 0 Å². The second-order valence-corrected chi connectivity index (χ2v) is 8.01. The van der Waals surface area contributed by atoms with E-state index in [2.05, 4.69) is 10.3 Å². The molecule has 0 unspecified atom stereocenters. The highest BCUT2D eigenvalue weighted by molar-refractivity contribution is 5.96. The molecule has 0 fully saturated rings. The van der Waals surface area contributed by atoms with Gasteiger partial charge in [0.15, 0.2) is 0 Å². The highest BCUT2D eigenvalue weighted by Crippen LogP contribution is 2.13. The van der Waals surface area contributed by atoms with Crippen LogP contribution in [-0.4, -0.2) is 29.4 Å². The lowest BCUT2D eigenvalue weighted by atomic mass is 10.2. The summed E-state index contributed by atoms with van der Waals surface area (Å²) in [6.45, 7) is 3.14. The molecule has 5 heterocycles. The van der Waals surface area contributed by atoms with Crippen LogP contribution in [-0.2, 0) is 19.6 Å². The fourth-order valence-electron chi connectivity index (χ4n) is 3.99. The van der Waals surface area contributed by atoms with Crippen LogP contribution in [0.5, 0.6) is 0 Å². The molecule has 5 rings (SSSR count). The number of aromatic nitrogens is 5. The average Bonchev–Trinajstić information content (AvgIpc) is 3.54. The van der Waals surface area contributed by atoms with Crippen molar-refractivity contribution in [2.24, 2.45) is 0 Å². The molecular weight excluding hydrogens is 434 g/mol. The Morgan fingerprint density at radius 2 is 2.06 bits per heavy atom. The van der Waals surface area contributed by atoms with Crippen LogP contribution in [0.15, 0.2) is 70.7 Å². The number of hydrogen-bond donors (Lipinski definition) is 2. The molecule has 0 saturated heterocycles. The Morgan fingerprint density at radius 1 is 1.18 bits per heavy atom. The Bertz CT molecular complexity index is 1600. The van der Waals surface area contributed by atoms with E-state index in [1.807, 2.05) is 23.8 Å². The highest BCUT2D eigenvalue weighted by atomic mass is 16.3. The molecule has 10 heteroatoms. The van der Waals surface area contributed by atoms with Gasteiger partial charge in [0.25, 0.3) is 11.5 Å². The Morgan fingerprint density at radius 3 is 2.82 bits per heavy atom. The molecule has 0 aliphatic carbocycles. The molecule has 5 aromatic heterocycles. The van der Waals surface area contributed by atoms with E-state index in [1.54, 1.807) is 41.5 Å². The zero-order chi connectivity index (χ0) is 23.7. The number of hydrogen-bond acceptors (Lipinski definition) is 6. The van der Waals surface area contributed by atoms with Gasteiger partial charge in [0, 0.05) is 31.7 Å². The van der Waals surface area contributed by atoms with Gasteiger partial charge in [-0.25, -0.2) is 9.97 Å². The van der Waals surface area contributed by atoms with Gasteiger partial charge in [0.2, 0.25) is 0 Å². The molecule has 0 aliphatic heterocycles. The van der Waals surface area contributed by atoms with Gasteiger partial charge in [0.05, 0.1) is 30.1 Å². The van der Waals surface area contributed by atoms with E-state index in [4.69, 9.17) is 14.8 Å². The SMILES string of the molecule is Cc1cccn2c(=O)c3cc(C(=O)NCc4ccco4)c(=N)n(CCCn4ccnc4)c3nc12. The molecule has 0 spiro atoms. The quantitative estimate of drug-likeness (QED) is 0.363. The average molecular weight is 457 g/mol. The number of rotatable bonds is 7. The largest absolute Gasteiger partial charge is 0.467 e. The third kappa shape index (κ3) is 3.90. The molecule has 0 saturated carbocycles. The molecule has 1 amide bonds. The Balaban J connectivity index is 1.61. The standard InChI is InChI=1S/C24H23N7O3/c1-16-5-2-9-31-21(16)28-22-19(24(31)33)13-18(23(32)27-14-17-6-3-12-34-17)20(25)30(22)10-4-8-29-11-7-26-15-29/h2-3,5-7,9,11-13,15,25H,4,8,10,14H2,1H3,(H,27,32). The predicted molar refractivity (Wildman–Crippen MR) is 124 cm³/mol. The second-order valence-electron chi connectivity index (χ2n) is 8.01. The van der Waals surface area contributed by atoms with Crippen molar-refractivity contribution in [2.75, 3.05) is 0 Å². The van der Waals surface area contributed by atoms with E-state index >= 15 is 0 Å². The lowest BCUT2D eigenvalue weighted by molar-refractivity contribution is 0.0945. The monoisotopic (exact) mass is 457 g/mol. The lowest BCUT2D eigenvalue weighted by Gasteiger charge is -2.15. The maximum Gasteiger partial charge on any atom is 0.267 e. The van der Waals surface area contributed by atoms with Crippen LogP contribution in [0.25, 0.3) is 16.7 Å². The smallest absolute Gasteiger partial charge is 0.267 e. The van der Waals surface area contributed by atoms with Crippen molar-refractivity contribution in [3.05, 3.63) is 94.2 Å². The summed E-state index contributed by atoms with van der Waals surface area (Å²) >= 11 is 0. The molecule has 5 aromatic rings. The number of furan rings is 1. The number of pyridine rings is 2. The fraction of sp³-hybridized carbons (Fsp3) is 0.208. The van der Waals surface area contributed by atoms with Crippen molar-refractivity contribution in [3.8, 4) is 0 Å². The Labute approximate surface area is 193 Å². The van der Waals surface area contributed by atoms with Crippen molar-refractivity contribution in [1.29, 1.82) is 5.41 Å². The molecule has 34 heavy (non-hydrogen) atoms. The topological polar surface area (TPSA) is 123 Å². The van der Waals surface area contributed by atoms with E-state index in [1.165, 1.54) is 16.7 Å².